The first-order valence-electron chi connectivity index (χ1n) is 7.95. The number of anilines is 1. The van der Waals surface area contributed by atoms with Crippen molar-refractivity contribution in [3.05, 3.63) is 51.9 Å². The molecule has 0 radical (unpaired) electrons. The van der Waals surface area contributed by atoms with E-state index in [1.54, 1.807) is 12.1 Å². The first kappa shape index (κ1) is 16.7. The summed E-state index contributed by atoms with van der Waals surface area (Å²) >= 11 is 1.50. The highest BCUT2D eigenvalue weighted by Gasteiger charge is 2.40. The molecule has 0 spiro atoms. The zero-order valence-corrected chi connectivity index (χ0v) is 15.2. The van der Waals surface area contributed by atoms with Crippen LogP contribution >= 0.6 is 11.3 Å². The van der Waals surface area contributed by atoms with Crippen LogP contribution in [0.3, 0.4) is 0 Å². The zero-order valence-electron chi connectivity index (χ0n) is 14.4. The fourth-order valence-electron chi connectivity index (χ4n) is 3.50. The summed E-state index contributed by atoms with van der Waals surface area (Å²) in [5.74, 6) is -0.185. The maximum absolute atomic E-state index is 12.5. The molecule has 3 rings (SSSR count). The largest absolute Gasteiger partial charge is 0.312 e. The number of hydrogen-bond acceptors (Lipinski definition) is 4. The predicted octanol–water partition coefficient (Wildman–Crippen LogP) is 4.03. The van der Waals surface area contributed by atoms with Crippen LogP contribution in [0.15, 0.2) is 30.3 Å². The van der Waals surface area contributed by atoms with E-state index < -0.39 is 0 Å². The predicted molar refractivity (Wildman–Crippen MR) is 97.4 cm³/mol. The lowest BCUT2D eigenvalue weighted by Crippen LogP contribution is -2.54. The van der Waals surface area contributed by atoms with E-state index in [-0.39, 0.29) is 17.0 Å². The molecule has 4 nitrogen and oxygen atoms in total. The Balaban J connectivity index is 2.01. The van der Waals surface area contributed by atoms with Gasteiger partial charge in [0.05, 0.1) is 5.56 Å². The van der Waals surface area contributed by atoms with Crippen LogP contribution in [0, 0.1) is 11.3 Å². The van der Waals surface area contributed by atoms with Crippen LogP contribution in [0.4, 0.5) is 5.00 Å². The molecule has 2 aromatic rings. The normalized spacial score (nSPS) is 17.6. The maximum atomic E-state index is 12.5. The molecule has 0 saturated heterocycles. The van der Waals surface area contributed by atoms with E-state index in [1.807, 2.05) is 18.2 Å². The molecular formula is C19H21N3OS. The number of rotatable bonds is 2. The van der Waals surface area contributed by atoms with Gasteiger partial charge >= 0.3 is 0 Å². The third kappa shape index (κ3) is 2.95. The minimum absolute atomic E-state index is 0.0934. The molecule has 1 aliphatic heterocycles. The average molecular weight is 339 g/mol. The molecule has 0 saturated carbocycles. The Morgan fingerprint density at radius 3 is 2.54 bits per heavy atom. The van der Waals surface area contributed by atoms with Gasteiger partial charge in [0.1, 0.15) is 11.1 Å². The van der Waals surface area contributed by atoms with Crippen LogP contribution < -0.4 is 10.6 Å². The van der Waals surface area contributed by atoms with E-state index >= 15 is 0 Å². The SMILES string of the molecule is CC1(C)Cc2c(sc(NC(=O)c3ccccc3)c2C#N)C(C)(C)N1. The van der Waals surface area contributed by atoms with Crippen molar-refractivity contribution < 1.29 is 4.79 Å². The summed E-state index contributed by atoms with van der Waals surface area (Å²) in [6.07, 6.45) is 0.770. The number of carbonyl (C=O) groups excluding carboxylic acids is 1. The smallest absolute Gasteiger partial charge is 0.256 e. The molecule has 1 aromatic heterocycles. The van der Waals surface area contributed by atoms with Crippen LogP contribution in [0.1, 0.15) is 54.1 Å². The molecule has 0 aliphatic carbocycles. The van der Waals surface area contributed by atoms with Crippen LogP contribution in [-0.2, 0) is 12.0 Å². The number of nitriles is 1. The van der Waals surface area contributed by atoms with E-state index in [0.717, 1.165) is 16.9 Å². The van der Waals surface area contributed by atoms with Gasteiger partial charge in [0, 0.05) is 21.5 Å². The molecule has 24 heavy (non-hydrogen) atoms. The number of carbonyl (C=O) groups is 1. The molecule has 1 amide bonds. The van der Waals surface area contributed by atoms with E-state index in [0.29, 0.717) is 16.1 Å². The summed E-state index contributed by atoms with van der Waals surface area (Å²) in [4.78, 5) is 13.6. The molecule has 0 bridgehead atoms. The van der Waals surface area contributed by atoms with Crippen molar-refractivity contribution in [2.75, 3.05) is 5.32 Å². The topological polar surface area (TPSA) is 64.9 Å². The number of fused-ring (bicyclic) bond motifs is 1. The summed E-state index contributed by atoms with van der Waals surface area (Å²) in [6, 6.07) is 11.4. The van der Waals surface area contributed by atoms with Gasteiger partial charge in [0.2, 0.25) is 0 Å². The molecule has 0 fully saturated rings. The van der Waals surface area contributed by atoms with Gasteiger partial charge in [-0.15, -0.1) is 11.3 Å². The third-order valence-corrected chi connectivity index (χ3v) is 5.69. The summed E-state index contributed by atoms with van der Waals surface area (Å²) in [7, 11) is 0. The Labute approximate surface area is 146 Å². The lowest BCUT2D eigenvalue weighted by atomic mass is 9.81. The minimum Gasteiger partial charge on any atom is -0.312 e. The van der Waals surface area contributed by atoms with Crippen LogP contribution in [-0.4, -0.2) is 11.4 Å². The number of benzene rings is 1. The third-order valence-electron chi connectivity index (χ3n) is 4.22. The Bertz CT molecular complexity index is 828. The van der Waals surface area contributed by atoms with Gasteiger partial charge < -0.3 is 10.6 Å². The van der Waals surface area contributed by atoms with Gasteiger partial charge in [-0.1, -0.05) is 18.2 Å². The van der Waals surface area contributed by atoms with E-state index in [4.69, 9.17) is 0 Å². The summed E-state index contributed by atoms with van der Waals surface area (Å²) in [5.41, 5.74) is 1.92. The number of amides is 1. The van der Waals surface area contributed by atoms with Crippen molar-refractivity contribution in [2.45, 2.75) is 45.2 Å². The fraction of sp³-hybridized carbons (Fsp3) is 0.368. The first-order valence-corrected chi connectivity index (χ1v) is 8.77. The van der Waals surface area contributed by atoms with Crippen molar-refractivity contribution in [3.63, 3.8) is 0 Å². The molecule has 1 aromatic carbocycles. The van der Waals surface area contributed by atoms with Crippen molar-refractivity contribution >= 4 is 22.2 Å². The minimum atomic E-state index is -0.233. The summed E-state index contributed by atoms with van der Waals surface area (Å²) in [6.45, 7) is 8.51. The maximum Gasteiger partial charge on any atom is 0.256 e. The second-order valence-corrected chi connectivity index (χ2v) is 8.38. The first-order chi connectivity index (χ1) is 11.2. The number of hydrogen-bond donors (Lipinski definition) is 2. The zero-order chi connectivity index (χ0) is 17.5. The summed E-state index contributed by atoms with van der Waals surface area (Å²) < 4.78 is 0. The molecule has 5 heteroatoms. The monoisotopic (exact) mass is 339 g/mol. The van der Waals surface area contributed by atoms with E-state index in [1.165, 1.54) is 11.3 Å². The molecule has 2 N–H and O–H groups in total. The Morgan fingerprint density at radius 1 is 1.25 bits per heavy atom. The van der Waals surface area contributed by atoms with Crippen molar-refractivity contribution in [2.24, 2.45) is 0 Å². The van der Waals surface area contributed by atoms with Gasteiger partial charge in [-0.25, -0.2) is 0 Å². The Morgan fingerprint density at radius 2 is 1.92 bits per heavy atom. The Hall–Kier alpha value is -2.16. The summed E-state index contributed by atoms with van der Waals surface area (Å²) in [5, 5.41) is 16.9. The van der Waals surface area contributed by atoms with Crippen molar-refractivity contribution in [3.8, 4) is 6.07 Å². The van der Waals surface area contributed by atoms with E-state index in [9.17, 15) is 10.1 Å². The van der Waals surface area contributed by atoms with E-state index in [2.05, 4.69) is 44.4 Å². The quantitative estimate of drug-likeness (QED) is 0.868. The van der Waals surface area contributed by atoms with Gasteiger partial charge in [0.15, 0.2) is 0 Å². The fourth-order valence-corrected chi connectivity index (χ4v) is 4.72. The molecule has 2 heterocycles. The number of nitrogens with one attached hydrogen (secondary N) is 2. The average Bonchev–Trinajstić information content (AvgIpc) is 2.84. The van der Waals surface area contributed by atoms with Crippen molar-refractivity contribution in [1.82, 2.24) is 5.32 Å². The van der Waals surface area contributed by atoms with Crippen LogP contribution in [0.5, 0.6) is 0 Å². The second kappa shape index (κ2) is 5.73. The number of nitrogens with zero attached hydrogens (tertiary/aromatic N) is 1. The highest BCUT2D eigenvalue weighted by atomic mass is 32.1. The standard InChI is InChI=1S/C19H21N3OS/c1-18(2)10-13-14(11-20)17(24-15(13)19(3,4)22-18)21-16(23)12-8-6-5-7-9-12/h5-9,22H,10H2,1-4H3,(H,21,23). The lowest BCUT2D eigenvalue weighted by Gasteiger charge is -2.42. The highest BCUT2D eigenvalue weighted by Crippen LogP contribution is 2.44. The Kier molecular flexibility index (Phi) is 3.98. The lowest BCUT2D eigenvalue weighted by molar-refractivity contribution is 0.102. The van der Waals surface area contributed by atoms with Crippen LogP contribution in [0.25, 0.3) is 0 Å². The van der Waals surface area contributed by atoms with Gasteiger partial charge in [-0.05, 0) is 51.8 Å². The van der Waals surface area contributed by atoms with Gasteiger partial charge in [-0.3, -0.25) is 4.79 Å². The molecule has 1 aliphatic rings. The molecule has 124 valence electrons. The molecular weight excluding hydrogens is 318 g/mol. The van der Waals surface area contributed by atoms with Gasteiger partial charge in [0.25, 0.3) is 5.91 Å². The van der Waals surface area contributed by atoms with Crippen LogP contribution in [0.2, 0.25) is 0 Å². The van der Waals surface area contributed by atoms with Crippen molar-refractivity contribution in [1.29, 1.82) is 5.26 Å². The second-order valence-electron chi connectivity index (χ2n) is 7.36. The number of thiophene rings is 1. The molecule has 0 unspecified atom stereocenters. The highest BCUT2D eigenvalue weighted by molar-refractivity contribution is 7.17. The van der Waals surface area contributed by atoms with Gasteiger partial charge in [-0.2, -0.15) is 5.26 Å². The molecule has 0 atom stereocenters.